The van der Waals surface area contributed by atoms with E-state index in [-0.39, 0.29) is 16.9 Å². The molecular formula is C34H44FN7O3. The van der Waals surface area contributed by atoms with Crippen molar-refractivity contribution in [2.75, 3.05) is 32.1 Å². The zero-order valence-corrected chi connectivity index (χ0v) is 27.2. The zero-order valence-electron chi connectivity index (χ0n) is 27.2. The second kappa shape index (κ2) is 16.9. The first-order valence-corrected chi connectivity index (χ1v) is 15.2. The Kier molecular flexibility index (Phi) is 13.0. The van der Waals surface area contributed by atoms with Gasteiger partial charge in [0.25, 0.3) is 5.56 Å². The number of hydrogen-bond acceptors (Lipinski definition) is 7. The Morgan fingerprint density at radius 3 is 2.31 bits per heavy atom. The normalized spacial score (nSPS) is 13.6. The van der Waals surface area contributed by atoms with Crippen LogP contribution in [0, 0.1) is 19.7 Å². The van der Waals surface area contributed by atoms with Crippen LogP contribution in [0.4, 0.5) is 10.2 Å². The number of carbonyl (C=O) groups is 1. The van der Waals surface area contributed by atoms with Gasteiger partial charge in [0.05, 0.1) is 24.7 Å². The van der Waals surface area contributed by atoms with Crippen LogP contribution < -0.4 is 20.5 Å². The number of aldehydes is 1. The number of benzene rings is 2. The Balaban J connectivity index is 0.000000187. The minimum Gasteiger partial charge on any atom is -0.497 e. The highest BCUT2D eigenvalue weighted by Crippen LogP contribution is 2.19. The van der Waals surface area contributed by atoms with Crippen molar-refractivity contribution in [1.82, 2.24) is 29.3 Å². The van der Waals surface area contributed by atoms with Gasteiger partial charge in [-0.25, -0.2) is 18.6 Å². The number of methoxy groups -OCH3 is 1. The number of likely N-dealkylation sites (N-methyl/N-ethyl adjacent to an activating group) is 1. The third-order valence-electron chi connectivity index (χ3n) is 7.35. The summed E-state index contributed by atoms with van der Waals surface area (Å²) in [7, 11) is 3.57. The van der Waals surface area contributed by atoms with E-state index in [1.54, 1.807) is 35.5 Å². The molecule has 0 aliphatic carbocycles. The number of anilines is 1. The fourth-order valence-corrected chi connectivity index (χ4v) is 4.93. The molecule has 45 heavy (non-hydrogen) atoms. The van der Waals surface area contributed by atoms with Crippen molar-refractivity contribution in [3.8, 4) is 11.4 Å². The van der Waals surface area contributed by atoms with Crippen molar-refractivity contribution in [1.29, 1.82) is 0 Å². The molecule has 0 amide bonds. The Hall–Kier alpha value is -4.77. The van der Waals surface area contributed by atoms with E-state index in [4.69, 9.17) is 4.74 Å². The van der Waals surface area contributed by atoms with Crippen LogP contribution >= 0.6 is 0 Å². The SMILES string of the molecule is CC.CCn1c(C)c(C=O)c(=O)n1-c1ccccc1.CN[C@H]1CCN(c2ccc3ncc(C)n3n2)C1.COc1ccc(F)cc1. The van der Waals surface area contributed by atoms with Gasteiger partial charge < -0.3 is 15.0 Å². The summed E-state index contributed by atoms with van der Waals surface area (Å²) < 4.78 is 22.2. The number of rotatable bonds is 6. The molecule has 1 aliphatic rings. The molecule has 1 N–H and O–H groups in total. The molecule has 6 rings (SSSR count). The predicted octanol–water partition coefficient (Wildman–Crippen LogP) is 5.48. The molecule has 11 heteroatoms. The molecule has 4 heterocycles. The van der Waals surface area contributed by atoms with Gasteiger partial charge in [0.15, 0.2) is 11.9 Å². The van der Waals surface area contributed by atoms with Gasteiger partial charge in [0, 0.05) is 31.4 Å². The van der Waals surface area contributed by atoms with Gasteiger partial charge in [-0.1, -0.05) is 32.0 Å². The summed E-state index contributed by atoms with van der Waals surface area (Å²) in [5.41, 5.74) is 3.44. The maximum atomic E-state index is 12.2. The molecular weight excluding hydrogens is 573 g/mol. The standard InChI is InChI=1S/C13H14N2O2.C12H17N5.C7H7FO.C2H6/c1-3-14-10(2)12(9-16)13(17)15(14)11-7-5-4-6-8-11;1-9-7-14-11-3-4-12(15-17(9)11)16-6-5-10(8-16)13-2;1-9-7-4-2-6(8)3-5-7;1-2/h4-9H,3H2,1-2H3;3-4,7,10,13H,5-6,8H2,1-2H3;2-5H,1H3;1-2H3/t;10-;;/m.0../s1. The number of nitrogens with one attached hydrogen (secondary N) is 1. The number of para-hydroxylation sites is 1. The van der Waals surface area contributed by atoms with Crippen molar-refractivity contribution in [3.05, 3.63) is 106 Å². The van der Waals surface area contributed by atoms with Crippen molar-refractivity contribution < 1.29 is 13.9 Å². The van der Waals surface area contributed by atoms with E-state index in [0.717, 1.165) is 35.9 Å². The van der Waals surface area contributed by atoms with E-state index in [1.807, 2.05) is 81.9 Å². The largest absolute Gasteiger partial charge is 0.497 e. The van der Waals surface area contributed by atoms with Crippen molar-refractivity contribution in [2.45, 2.75) is 53.6 Å². The lowest BCUT2D eigenvalue weighted by molar-refractivity contribution is 0.112. The summed E-state index contributed by atoms with van der Waals surface area (Å²) in [5, 5.41) is 7.96. The Morgan fingerprint density at radius 2 is 1.73 bits per heavy atom. The van der Waals surface area contributed by atoms with E-state index >= 15 is 0 Å². The highest BCUT2D eigenvalue weighted by Gasteiger charge is 2.22. The third kappa shape index (κ3) is 8.45. The maximum absolute atomic E-state index is 12.2. The Morgan fingerprint density at radius 1 is 1.04 bits per heavy atom. The fourth-order valence-electron chi connectivity index (χ4n) is 4.93. The van der Waals surface area contributed by atoms with Gasteiger partial charge in [-0.3, -0.25) is 14.3 Å². The first-order valence-electron chi connectivity index (χ1n) is 15.2. The van der Waals surface area contributed by atoms with Crippen molar-refractivity contribution in [3.63, 3.8) is 0 Å². The summed E-state index contributed by atoms with van der Waals surface area (Å²) >= 11 is 0. The van der Waals surface area contributed by atoms with E-state index in [1.165, 1.54) is 18.6 Å². The quantitative estimate of drug-likeness (QED) is 0.252. The molecule has 0 saturated carbocycles. The lowest BCUT2D eigenvalue weighted by Gasteiger charge is -2.17. The summed E-state index contributed by atoms with van der Waals surface area (Å²) in [5.74, 6) is 1.48. The second-order valence-electron chi connectivity index (χ2n) is 10.0. The monoisotopic (exact) mass is 617 g/mol. The van der Waals surface area contributed by atoms with Crippen LogP contribution in [0.2, 0.25) is 0 Å². The van der Waals surface area contributed by atoms with Gasteiger partial charge in [-0.2, -0.15) is 0 Å². The number of hydrogen-bond donors (Lipinski definition) is 1. The number of aryl methyl sites for hydroxylation is 1. The van der Waals surface area contributed by atoms with Gasteiger partial charge in [-0.05, 0) is 82.8 Å². The van der Waals surface area contributed by atoms with Crippen LogP contribution in [0.3, 0.4) is 0 Å². The van der Waals surface area contributed by atoms with Crippen LogP contribution in [-0.4, -0.2) is 63.5 Å². The number of nitrogens with zero attached hydrogens (tertiary/aromatic N) is 6. The molecule has 0 spiro atoms. The second-order valence-corrected chi connectivity index (χ2v) is 10.0. The first-order chi connectivity index (χ1) is 21.8. The number of ether oxygens (including phenoxy) is 1. The summed E-state index contributed by atoms with van der Waals surface area (Å²) in [6, 6.07) is 19.9. The van der Waals surface area contributed by atoms with Gasteiger partial charge >= 0.3 is 0 Å². The smallest absolute Gasteiger partial charge is 0.282 e. The van der Waals surface area contributed by atoms with E-state index in [9.17, 15) is 14.0 Å². The van der Waals surface area contributed by atoms with Gasteiger partial charge in [0.2, 0.25) is 0 Å². The van der Waals surface area contributed by atoms with Gasteiger partial charge in [0.1, 0.15) is 22.9 Å². The number of imidazole rings is 1. The summed E-state index contributed by atoms with van der Waals surface area (Å²) in [4.78, 5) is 29.7. The lowest BCUT2D eigenvalue weighted by Crippen LogP contribution is -2.30. The Bertz CT molecular complexity index is 1700. The molecule has 2 aromatic carbocycles. The van der Waals surface area contributed by atoms with Crippen LogP contribution in [0.5, 0.6) is 5.75 Å². The average Bonchev–Trinajstić information content (AvgIpc) is 3.78. The van der Waals surface area contributed by atoms with Crippen LogP contribution in [0.1, 0.15) is 48.9 Å². The van der Waals surface area contributed by atoms with Crippen LogP contribution in [-0.2, 0) is 6.54 Å². The molecule has 5 aromatic rings. The molecule has 0 bridgehead atoms. The molecule has 1 fully saturated rings. The first kappa shape index (κ1) is 34.7. The van der Waals surface area contributed by atoms with Crippen LogP contribution in [0.15, 0.2) is 77.7 Å². The number of halogens is 1. The summed E-state index contributed by atoms with van der Waals surface area (Å²) in [6.07, 6.45) is 3.66. The molecule has 1 atom stereocenters. The minimum atomic E-state index is -0.259. The lowest BCUT2D eigenvalue weighted by atomic mass is 10.3. The van der Waals surface area contributed by atoms with Crippen molar-refractivity contribution in [2.24, 2.45) is 0 Å². The third-order valence-corrected chi connectivity index (χ3v) is 7.35. The molecule has 0 radical (unpaired) electrons. The van der Waals surface area contributed by atoms with E-state index < -0.39 is 0 Å². The van der Waals surface area contributed by atoms with Gasteiger partial charge in [-0.15, -0.1) is 5.10 Å². The summed E-state index contributed by atoms with van der Waals surface area (Å²) in [6.45, 7) is 12.5. The number of fused-ring (bicyclic) bond motifs is 1. The molecule has 1 saturated heterocycles. The molecule has 1 aliphatic heterocycles. The highest BCUT2D eigenvalue weighted by molar-refractivity contribution is 5.76. The number of aromatic nitrogens is 5. The molecule has 0 unspecified atom stereocenters. The maximum Gasteiger partial charge on any atom is 0.282 e. The average molecular weight is 618 g/mol. The molecule has 3 aromatic heterocycles. The zero-order chi connectivity index (χ0) is 32.9. The minimum absolute atomic E-state index is 0.232. The Labute approximate surface area is 264 Å². The molecule has 240 valence electrons. The van der Waals surface area contributed by atoms with Crippen LogP contribution in [0.25, 0.3) is 11.3 Å². The van der Waals surface area contributed by atoms with E-state index in [0.29, 0.717) is 30.3 Å². The number of carbonyl (C=O) groups excluding carboxylic acids is 1. The predicted molar refractivity (Wildman–Crippen MR) is 178 cm³/mol. The molecule has 10 nitrogen and oxygen atoms in total. The van der Waals surface area contributed by atoms with Crippen molar-refractivity contribution >= 4 is 17.8 Å². The van der Waals surface area contributed by atoms with E-state index in [2.05, 4.69) is 26.4 Å². The fraction of sp³-hybridized carbons (Fsp3) is 0.353. The highest BCUT2D eigenvalue weighted by atomic mass is 19.1. The topological polar surface area (TPSA) is 98.7 Å².